The second-order valence-corrected chi connectivity index (χ2v) is 4.93. The Hall–Kier alpha value is -2.50. The van der Waals surface area contributed by atoms with E-state index in [4.69, 9.17) is 4.74 Å². The van der Waals surface area contributed by atoms with Crippen LogP contribution in [0.2, 0.25) is 0 Å². The van der Waals surface area contributed by atoms with Gasteiger partial charge in [0.05, 0.1) is 31.6 Å². The van der Waals surface area contributed by atoms with Gasteiger partial charge >= 0.3 is 0 Å². The van der Waals surface area contributed by atoms with Crippen LogP contribution in [-0.4, -0.2) is 47.9 Å². The summed E-state index contributed by atoms with van der Waals surface area (Å²) in [5.74, 6) is 1.78. The minimum absolute atomic E-state index is 0.673. The van der Waals surface area contributed by atoms with Gasteiger partial charge in [-0.15, -0.1) is 0 Å². The average Bonchev–Trinajstić information content (AvgIpc) is 3.14. The van der Waals surface area contributed by atoms with Gasteiger partial charge in [0.1, 0.15) is 5.75 Å². The van der Waals surface area contributed by atoms with Crippen molar-refractivity contribution in [3.05, 3.63) is 42.2 Å². The number of hydrogen-bond acceptors (Lipinski definition) is 5. The monoisotopic (exact) mass is 285 g/mol. The summed E-state index contributed by atoms with van der Waals surface area (Å²) >= 11 is 0. The zero-order valence-corrected chi connectivity index (χ0v) is 12.3. The fraction of sp³-hybridized carbons (Fsp3) is 0.333. The van der Waals surface area contributed by atoms with Crippen LogP contribution in [-0.2, 0) is 6.54 Å². The number of hydrogen-bond donors (Lipinski definition) is 1. The third kappa shape index (κ3) is 2.99. The molecule has 0 fully saturated rings. The molecular weight excluding hydrogens is 266 g/mol. The Labute approximate surface area is 124 Å². The van der Waals surface area contributed by atoms with E-state index in [1.807, 2.05) is 48.3 Å². The van der Waals surface area contributed by atoms with Gasteiger partial charge in [-0.2, -0.15) is 5.10 Å². The molecule has 1 aromatic heterocycles. The predicted octanol–water partition coefficient (Wildman–Crippen LogP) is 1.27. The van der Waals surface area contributed by atoms with Crippen molar-refractivity contribution >= 4 is 5.96 Å². The first-order valence-corrected chi connectivity index (χ1v) is 6.95. The second kappa shape index (κ2) is 5.87. The molecule has 0 saturated heterocycles. The molecular formula is C15H19N5O. The van der Waals surface area contributed by atoms with Crippen molar-refractivity contribution in [1.29, 1.82) is 0 Å². The van der Waals surface area contributed by atoms with E-state index in [0.717, 1.165) is 36.2 Å². The van der Waals surface area contributed by atoms with Crippen LogP contribution < -0.4 is 10.1 Å². The first kappa shape index (κ1) is 13.5. The molecule has 0 bridgehead atoms. The first-order chi connectivity index (χ1) is 10.3. The molecule has 0 saturated carbocycles. The van der Waals surface area contributed by atoms with Crippen LogP contribution in [0.3, 0.4) is 0 Å². The van der Waals surface area contributed by atoms with Crippen molar-refractivity contribution < 1.29 is 4.74 Å². The van der Waals surface area contributed by atoms with Crippen LogP contribution in [0.15, 0.2) is 41.5 Å². The van der Waals surface area contributed by atoms with E-state index in [2.05, 4.69) is 20.3 Å². The van der Waals surface area contributed by atoms with Crippen molar-refractivity contribution in [2.45, 2.75) is 6.54 Å². The Bertz CT molecular complexity index is 632. The number of nitrogens with one attached hydrogen (secondary N) is 1. The maximum absolute atomic E-state index is 5.16. The number of nitrogens with zero attached hydrogens (tertiary/aromatic N) is 4. The van der Waals surface area contributed by atoms with Gasteiger partial charge in [0.2, 0.25) is 0 Å². The molecule has 0 radical (unpaired) electrons. The molecule has 0 atom stereocenters. The highest BCUT2D eigenvalue weighted by Crippen LogP contribution is 2.14. The summed E-state index contributed by atoms with van der Waals surface area (Å²) in [7, 11) is 3.70. The van der Waals surface area contributed by atoms with Crippen LogP contribution in [0, 0.1) is 0 Å². The Morgan fingerprint density at radius 1 is 1.24 bits per heavy atom. The average molecular weight is 285 g/mol. The quantitative estimate of drug-likeness (QED) is 0.919. The van der Waals surface area contributed by atoms with E-state index in [-0.39, 0.29) is 0 Å². The lowest BCUT2D eigenvalue weighted by Gasteiger charge is -2.14. The molecule has 2 aromatic rings. The van der Waals surface area contributed by atoms with Crippen LogP contribution in [0.1, 0.15) is 5.69 Å². The van der Waals surface area contributed by atoms with E-state index < -0.39 is 0 Å². The van der Waals surface area contributed by atoms with E-state index in [1.165, 1.54) is 0 Å². The summed E-state index contributed by atoms with van der Waals surface area (Å²) in [5.41, 5.74) is 1.99. The largest absolute Gasteiger partial charge is 0.497 e. The van der Waals surface area contributed by atoms with Gasteiger partial charge in [-0.1, -0.05) is 0 Å². The summed E-state index contributed by atoms with van der Waals surface area (Å²) in [6, 6.07) is 9.83. The number of likely N-dealkylation sites (N-methyl/N-ethyl adjacent to an activating group) is 1. The minimum atomic E-state index is 0.673. The molecule has 2 heterocycles. The van der Waals surface area contributed by atoms with Gasteiger partial charge in [-0.25, -0.2) is 4.68 Å². The zero-order valence-electron chi connectivity index (χ0n) is 12.3. The Morgan fingerprint density at radius 2 is 2.05 bits per heavy atom. The van der Waals surface area contributed by atoms with Crippen molar-refractivity contribution in [3.63, 3.8) is 0 Å². The molecule has 0 aliphatic carbocycles. The molecule has 21 heavy (non-hydrogen) atoms. The highest BCUT2D eigenvalue weighted by Gasteiger charge is 2.12. The Balaban J connectivity index is 1.65. The number of benzene rings is 1. The summed E-state index contributed by atoms with van der Waals surface area (Å²) in [6.07, 6.45) is 1.96. The van der Waals surface area contributed by atoms with E-state index in [1.54, 1.807) is 7.11 Å². The summed E-state index contributed by atoms with van der Waals surface area (Å²) in [4.78, 5) is 6.51. The lowest BCUT2D eigenvalue weighted by molar-refractivity contribution is 0.414. The molecule has 6 nitrogen and oxygen atoms in total. The van der Waals surface area contributed by atoms with Crippen molar-refractivity contribution in [3.8, 4) is 11.4 Å². The molecule has 110 valence electrons. The van der Waals surface area contributed by atoms with Crippen LogP contribution in [0.25, 0.3) is 5.69 Å². The molecule has 3 rings (SSSR count). The normalized spacial score (nSPS) is 14.2. The van der Waals surface area contributed by atoms with Crippen molar-refractivity contribution in [2.24, 2.45) is 4.99 Å². The summed E-state index contributed by atoms with van der Waals surface area (Å²) in [6.45, 7) is 2.51. The SMILES string of the molecule is COc1ccc(-n2ccc(CNC3=NCCN3C)n2)cc1. The van der Waals surface area contributed by atoms with Gasteiger partial charge in [-0.3, -0.25) is 4.99 Å². The standard InChI is InChI=1S/C15H19N5O/c1-19-10-8-16-15(19)17-11-12-7-9-20(18-12)13-3-5-14(21-2)6-4-13/h3-7,9H,8,10-11H2,1-2H3,(H,16,17). The maximum Gasteiger partial charge on any atom is 0.194 e. The molecule has 1 aliphatic heterocycles. The number of aromatic nitrogens is 2. The second-order valence-electron chi connectivity index (χ2n) is 4.93. The van der Waals surface area contributed by atoms with E-state index >= 15 is 0 Å². The fourth-order valence-corrected chi connectivity index (χ4v) is 2.23. The highest BCUT2D eigenvalue weighted by molar-refractivity contribution is 5.81. The highest BCUT2D eigenvalue weighted by atomic mass is 16.5. The van der Waals surface area contributed by atoms with Crippen LogP contribution in [0.5, 0.6) is 5.75 Å². The number of guanidine groups is 1. The van der Waals surface area contributed by atoms with Crippen molar-refractivity contribution in [2.75, 3.05) is 27.2 Å². The molecule has 0 unspecified atom stereocenters. The lowest BCUT2D eigenvalue weighted by atomic mass is 10.3. The zero-order chi connectivity index (χ0) is 14.7. The molecule has 0 amide bonds. The number of aliphatic imine (C=N–C) groups is 1. The third-order valence-corrected chi connectivity index (χ3v) is 3.47. The van der Waals surface area contributed by atoms with Gasteiger partial charge in [0.25, 0.3) is 0 Å². The van der Waals surface area contributed by atoms with Crippen molar-refractivity contribution in [1.82, 2.24) is 20.0 Å². The maximum atomic E-state index is 5.16. The third-order valence-electron chi connectivity index (χ3n) is 3.47. The lowest BCUT2D eigenvalue weighted by Crippen LogP contribution is -2.35. The van der Waals surface area contributed by atoms with Gasteiger partial charge in [-0.05, 0) is 30.3 Å². The molecule has 6 heteroatoms. The topological polar surface area (TPSA) is 54.7 Å². The summed E-state index contributed by atoms with van der Waals surface area (Å²) in [5, 5.41) is 7.87. The number of ether oxygens (including phenoxy) is 1. The fourth-order valence-electron chi connectivity index (χ4n) is 2.23. The number of rotatable bonds is 4. The van der Waals surface area contributed by atoms with Gasteiger partial charge < -0.3 is 15.0 Å². The molecule has 1 aliphatic rings. The molecule has 1 aromatic carbocycles. The predicted molar refractivity (Wildman–Crippen MR) is 81.9 cm³/mol. The van der Waals surface area contributed by atoms with Gasteiger partial charge in [0, 0.05) is 19.8 Å². The molecule has 1 N–H and O–H groups in total. The van der Waals surface area contributed by atoms with Crippen LogP contribution >= 0.6 is 0 Å². The summed E-state index contributed by atoms with van der Waals surface area (Å²) < 4.78 is 7.02. The molecule has 0 spiro atoms. The first-order valence-electron chi connectivity index (χ1n) is 6.95. The smallest absolute Gasteiger partial charge is 0.194 e. The minimum Gasteiger partial charge on any atom is -0.497 e. The van der Waals surface area contributed by atoms with E-state index in [9.17, 15) is 0 Å². The Kier molecular flexibility index (Phi) is 3.77. The van der Waals surface area contributed by atoms with E-state index in [0.29, 0.717) is 6.54 Å². The number of methoxy groups -OCH3 is 1. The van der Waals surface area contributed by atoms with Crippen LogP contribution in [0.4, 0.5) is 0 Å². The van der Waals surface area contributed by atoms with Gasteiger partial charge in [0.15, 0.2) is 5.96 Å². The Morgan fingerprint density at radius 3 is 2.71 bits per heavy atom.